The molecule has 0 unspecified atom stereocenters. The van der Waals surface area contributed by atoms with Crippen molar-refractivity contribution in [3.63, 3.8) is 0 Å². The van der Waals surface area contributed by atoms with E-state index >= 15 is 0 Å². The van der Waals surface area contributed by atoms with Gasteiger partial charge in [-0.05, 0) is 74.7 Å². The SMILES string of the molecule is Cc1ccc(NC(=O)/C(C#N)=C/c2ccc(OCC(=O)NC(C)C)cc2)cc1C. The summed E-state index contributed by atoms with van der Waals surface area (Å²) in [5, 5.41) is 14.8. The van der Waals surface area contributed by atoms with Gasteiger partial charge < -0.3 is 15.4 Å². The molecular formula is C23H25N3O3. The van der Waals surface area contributed by atoms with Gasteiger partial charge in [-0.25, -0.2) is 0 Å². The number of nitriles is 1. The predicted molar refractivity (Wildman–Crippen MR) is 113 cm³/mol. The Bertz CT molecular complexity index is 954. The number of nitrogens with zero attached hydrogens (tertiary/aromatic N) is 1. The summed E-state index contributed by atoms with van der Waals surface area (Å²) in [6.07, 6.45) is 1.51. The molecule has 6 nitrogen and oxygen atoms in total. The molecule has 0 aliphatic rings. The standard InChI is InChI=1S/C23H25N3O3/c1-15(2)25-22(27)14-29-21-9-6-18(7-10-21)12-19(13-24)23(28)26-20-8-5-16(3)17(4)11-20/h5-12,15H,14H2,1-4H3,(H,25,27)(H,26,28)/b19-12+. The molecule has 2 N–H and O–H groups in total. The molecule has 0 fully saturated rings. The number of ether oxygens (including phenoxy) is 1. The molecule has 0 heterocycles. The van der Waals surface area contributed by atoms with Crippen molar-refractivity contribution in [1.82, 2.24) is 5.32 Å². The molecule has 0 aromatic heterocycles. The second kappa shape index (κ2) is 10.1. The summed E-state index contributed by atoms with van der Waals surface area (Å²) in [5.74, 6) is -0.140. The Morgan fingerprint density at radius 1 is 1.10 bits per heavy atom. The van der Waals surface area contributed by atoms with Gasteiger partial charge >= 0.3 is 0 Å². The van der Waals surface area contributed by atoms with Crippen LogP contribution in [0.5, 0.6) is 5.75 Å². The molecule has 0 atom stereocenters. The zero-order valence-corrected chi connectivity index (χ0v) is 17.1. The number of anilines is 1. The summed E-state index contributed by atoms with van der Waals surface area (Å²) >= 11 is 0. The summed E-state index contributed by atoms with van der Waals surface area (Å²) in [5.41, 5.74) is 3.50. The Morgan fingerprint density at radius 2 is 1.79 bits per heavy atom. The van der Waals surface area contributed by atoms with Crippen LogP contribution in [0.3, 0.4) is 0 Å². The number of hydrogen-bond donors (Lipinski definition) is 2. The number of carbonyl (C=O) groups is 2. The van der Waals surface area contributed by atoms with Gasteiger partial charge in [0.15, 0.2) is 6.61 Å². The van der Waals surface area contributed by atoms with Gasteiger partial charge in [0.25, 0.3) is 11.8 Å². The minimum Gasteiger partial charge on any atom is -0.484 e. The van der Waals surface area contributed by atoms with Crippen molar-refractivity contribution in [3.05, 3.63) is 64.7 Å². The monoisotopic (exact) mass is 391 g/mol. The molecule has 0 aliphatic heterocycles. The predicted octanol–water partition coefficient (Wildman–Crippen LogP) is 3.75. The first-order chi connectivity index (χ1) is 13.8. The van der Waals surface area contributed by atoms with Crippen molar-refractivity contribution in [2.75, 3.05) is 11.9 Å². The van der Waals surface area contributed by atoms with Crippen LogP contribution in [-0.4, -0.2) is 24.5 Å². The van der Waals surface area contributed by atoms with E-state index in [0.29, 0.717) is 17.0 Å². The first-order valence-corrected chi connectivity index (χ1v) is 9.31. The third kappa shape index (κ3) is 6.82. The van der Waals surface area contributed by atoms with Crippen molar-refractivity contribution < 1.29 is 14.3 Å². The van der Waals surface area contributed by atoms with E-state index < -0.39 is 5.91 Å². The van der Waals surface area contributed by atoms with E-state index in [1.54, 1.807) is 30.3 Å². The van der Waals surface area contributed by atoms with Gasteiger partial charge in [-0.2, -0.15) is 5.26 Å². The van der Waals surface area contributed by atoms with Crippen LogP contribution >= 0.6 is 0 Å². The highest BCUT2D eigenvalue weighted by Crippen LogP contribution is 2.17. The van der Waals surface area contributed by atoms with Crippen LogP contribution in [0.25, 0.3) is 6.08 Å². The van der Waals surface area contributed by atoms with Gasteiger partial charge in [-0.3, -0.25) is 9.59 Å². The average molecular weight is 391 g/mol. The second-order valence-electron chi connectivity index (χ2n) is 7.00. The largest absolute Gasteiger partial charge is 0.484 e. The molecule has 6 heteroatoms. The lowest BCUT2D eigenvalue weighted by Gasteiger charge is -2.10. The summed E-state index contributed by atoms with van der Waals surface area (Å²) in [6, 6.07) is 14.4. The second-order valence-corrected chi connectivity index (χ2v) is 7.00. The zero-order chi connectivity index (χ0) is 21.4. The molecule has 0 saturated heterocycles. The van der Waals surface area contributed by atoms with Gasteiger partial charge in [0.05, 0.1) is 0 Å². The van der Waals surface area contributed by atoms with Crippen LogP contribution in [0.1, 0.15) is 30.5 Å². The Hall–Kier alpha value is -3.59. The topological polar surface area (TPSA) is 91.2 Å². The number of amides is 2. The van der Waals surface area contributed by atoms with Crippen molar-refractivity contribution in [2.24, 2.45) is 0 Å². The van der Waals surface area contributed by atoms with Gasteiger partial charge in [0.2, 0.25) is 0 Å². The van der Waals surface area contributed by atoms with E-state index in [4.69, 9.17) is 4.74 Å². The van der Waals surface area contributed by atoms with Crippen molar-refractivity contribution in [3.8, 4) is 11.8 Å². The molecule has 150 valence electrons. The van der Waals surface area contributed by atoms with Crippen LogP contribution < -0.4 is 15.4 Å². The normalized spacial score (nSPS) is 11.0. The van der Waals surface area contributed by atoms with E-state index in [1.165, 1.54) is 6.08 Å². The fourth-order valence-electron chi connectivity index (χ4n) is 2.51. The van der Waals surface area contributed by atoms with Gasteiger partial charge in [-0.15, -0.1) is 0 Å². The zero-order valence-electron chi connectivity index (χ0n) is 17.1. The van der Waals surface area contributed by atoms with Gasteiger partial charge in [-0.1, -0.05) is 18.2 Å². The molecule has 0 saturated carbocycles. The number of aryl methyl sites for hydroxylation is 2. The average Bonchev–Trinajstić information content (AvgIpc) is 2.67. The van der Waals surface area contributed by atoms with Crippen LogP contribution in [-0.2, 0) is 9.59 Å². The Balaban J connectivity index is 2.02. The fraction of sp³-hybridized carbons (Fsp3) is 0.261. The number of carbonyl (C=O) groups excluding carboxylic acids is 2. The lowest BCUT2D eigenvalue weighted by Crippen LogP contribution is -2.34. The molecule has 0 radical (unpaired) electrons. The molecule has 0 aliphatic carbocycles. The van der Waals surface area contributed by atoms with Crippen LogP contribution in [0, 0.1) is 25.2 Å². The number of hydrogen-bond acceptors (Lipinski definition) is 4. The Kier molecular flexibility index (Phi) is 7.55. The highest BCUT2D eigenvalue weighted by atomic mass is 16.5. The number of rotatable bonds is 7. The maximum Gasteiger partial charge on any atom is 0.266 e. The number of nitrogens with one attached hydrogen (secondary N) is 2. The first kappa shape index (κ1) is 21.7. The Labute approximate surface area is 171 Å². The van der Waals surface area contributed by atoms with Crippen LogP contribution in [0.4, 0.5) is 5.69 Å². The van der Waals surface area contributed by atoms with Gasteiger partial charge in [0, 0.05) is 11.7 Å². The third-order valence-corrected chi connectivity index (χ3v) is 4.14. The van der Waals surface area contributed by atoms with E-state index in [0.717, 1.165) is 11.1 Å². The Morgan fingerprint density at radius 3 is 2.38 bits per heavy atom. The third-order valence-electron chi connectivity index (χ3n) is 4.14. The summed E-state index contributed by atoms with van der Waals surface area (Å²) < 4.78 is 5.43. The smallest absolute Gasteiger partial charge is 0.266 e. The van der Waals surface area contributed by atoms with Crippen molar-refractivity contribution in [2.45, 2.75) is 33.7 Å². The van der Waals surface area contributed by atoms with Crippen LogP contribution in [0.2, 0.25) is 0 Å². The summed E-state index contributed by atoms with van der Waals surface area (Å²) in [7, 11) is 0. The summed E-state index contributed by atoms with van der Waals surface area (Å²) in [6.45, 7) is 7.63. The number of benzene rings is 2. The molecule has 2 aromatic rings. The molecule has 0 spiro atoms. The van der Waals surface area contributed by atoms with E-state index in [9.17, 15) is 14.9 Å². The van der Waals surface area contributed by atoms with Crippen molar-refractivity contribution in [1.29, 1.82) is 5.26 Å². The molecule has 29 heavy (non-hydrogen) atoms. The van der Waals surface area contributed by atoms with Gasteiger partial charge in [0.1, 0.15) is 17.4 Å². The quantitative estimate of drug-likeness (QED) is 0.555. The molecular weight excluding hydrogens is 366 g/mol. The fourth-order valence-corrected chi connectivity index (χ4v) is 2.51. The first-order valence-electron chi connectivity index (χ1n) is 9.31. The maximum atomic E-state index is 12.4. The lowest BCUT2D eigenvalue weighted by molar-refractivity contribution is -0.123. The molecule has 2 amide bonds. The molecule has 2 aromatic carbocycles. The van der Waals surface area contributed by atoms with E-state index in [-0.39, 0.29) is 24.1 Å². The molecule has 2 rings (SSSR count). The minimum atomic E-state index is -0.471. The lowest BCUT2D eigenvalue weighted by atomic mass is 10.1. The van der Waals surface area contributed by atoms with Crippen LogP contribution in [0.15, 0.2) is 48.0 Å². The highest BCUT2D eigenvalue weighted by Gasteiger charge is 2.10. The minimum absolute atomic E-state index is 0.00629. The maximum absolute atomic E-state index is 12.4. The van der Waals surface area contributed by atoms with E-state index in [2.05, 4.69) is 10.6 Å². The highest BCUT2D eigenvalue weighted by molar-refractivity contribution is 6.09. The summed E-state index contributed by atoms with van der Waals surface area (Å²) in [4.78, 5) is 24.0. The van der Waals surface area contributed by atoms with Crippen molar-refractivity contribution >= 4 is 23.6 Å². The molecule has 0 bridgehead atoms. The van der Waals surface area contributed by atoms with E-state index in [1.807, 2.05) is 45.9 Å².